The Hall–Kier alpha value is -1.46. The maximum Gasteiger partial charge on any atom is 0.342 e. The lowest BCUT2D eigenvalue weighted by molar-refractivity contribution is -0.135. The van der Waals surface area contributed by atoms with Crippen molar-refractivity contribution in [1.29, 1.82) is 0 Å². The molecule has 0 unspecified atom stereocenters. The van der Waals surface area contributed by atoms with Gasteiger partial charge in [-0.1, -0.05) is 0 Å². The van der Waals surface area contributed by atoms with Crippen LogP contribution in [-0.4, -0.2) is 36.8 Å². The van der Waals surface area contributed by atoms with Crippen LogP contribution in [0.4, 0.5) is 8.78 Å². The minimum Gasteiger partial charge on any atom is -0.500 e. The lowest BCUT2D eigenvalue weighted by Gasteiger charge is -2.07. The Morgan fingerprint density at radius 1 is 1.40 bits per heavy atom. The topological polar surface area (TPSA) is 63.6 Å². The molecule has 0 atom stereocenters. The van der Waals surface area contributed by atoms with Crippen molar-refractivity contribution in [2.24, 2.45) is 5.92 Å². The van der Waals surface area contributed by atoms with E-state index in [1.807, 2.05) is 0 Å². The number of carboxylic acid groups (broad SMARTS) is 1. The van der Waals surface area contributed by atoms with Gasteiger partial charge in [-0.05, 0) is 6.92 Å². The van der Waals surface area contributed by atoms with Gasteiger partial charge in [-0.15, -0.1) is 0 Å². The predicted octanol–water partition coefficient (Wildman–Crippen LogP) is 1.12. The van der Waals surface area contributed by atoms with Gasteiger partial charge < -0.3 is 9.84 Å². The van der Waals surface area contributed by atoms with E-state index in [2.05, 4.69) is 4.74 Å². The summed E-state index contributed by atoms with van der Waals surface area (Å²) in [6, 6.07) is 0. The molecule has 0 bridgehead atoms. The number of hydrogen-bond donors (Lipinski definition) is 1. The molecule has 0 aromatic rings. The highest BCUT2D eigenvalue weighted by molar-refractivity contribution is 6.17. The number of ketones is 1. The molecule has 0 heterocycles. The van der Waals surface area contributed by atoms with Gasteiger partial charge in [-0.2, -0.15) is 0 Å². The van der Waals surface area contributed by atoms with E-state index < -0.39 is 36.6 Å². The number of hydrogen-bond acceptors (Lipinski definition) is 3. The third-order valence-electron chi connectivity index (χ3n) is 1.61. The third kappa shape index (κ3) is 4.05. The highest BCUT2D eigenvalue weighted by atomic mass is 19.1. The van der Waals surface area contributed by atoms with Crippen molar-refractivity contribution in [3.63, 3.8) is 0 Å². The van der Waals surface area contributed by atoms with Crippen molar-refractivity contribution in [2.45, 2.75) is 6.92 Å². The van der Waals surface area contributed by atoms with Crippen LogP contribution in [0.3, 0.4) is 0 Å². The van der Waals surface area contributed by atoms with Crippen LogP contribution < -0.4 is 0 Å². The Morgan fingerprint density at radius 3 is 2.27 bits per heavy atom. The molecule has 0 spiro atoms. The fourth-order valence-corrected chi connectivity index (χ4v) is 0.782. The van der Waals surface area contributed by atoms with Crippen LogP contribution in [0.5, 0.6) is 0 Å². The zero-order valence-electron chi connectivity index (χ0n) is 8.20. The number of rotatable bonds is 7. The number of carbonyl (C=O) groups excluding carboxylic acids is 1. The van der Waals surface area contributed by atoms with Crippen molar-refractivity contribution in [3.05, 3.63) is 11.8 Å². The largest absolute Gasteiger partial charge is 0.500 e. The van der Waals surface area contributed by atoms with Crippen LogP contribution in [-0.2, 0) is 14.3 Å². The third-order valence-corrected chi connectivity index (χ3v) is 1.61. The summed E-state index contributed by atoms with van der Waals surface area (Å²) >= 11 is 0. The van der Waals surface area contributed by atoms with Crippen LogP contribution in [0.25, 0.3) is 0 Å². The number of carbonyl (C=O) groups is 2. The second kappa shape index (κ2) is 6.92. The minimum atomic E-state index is -1.56. The van der Waals surface area contributed by atoms with E-state index in [0.29, 0.717) is 6.26 Å². The van der Waals surface area contributed by atoms with Gasteiger partial charge in [-0.25, -0.2) is 4.79 Å². The molecule has 0 amide bonds. The predicted molar refractivity (Wildman–Crippen MR) is 47.8 cm³/mol. The molecule has 0 saturated heterocycles. The second-order valence-electron chi connectivity index (χ2n) is 2.66. The molecule has 0 aromatic heterocycles. The number of carboxylic acids is 1. The van der Waals surface area contributed by atoms with E-state index in [1.54, 1.807) is 6.92 Å². The van der Waals surface area contributed by atoms with Crippen molar-refractivity contribution >= 4 is 11.8 Å². The van der Waals surface area contributed by atoms with Crippen LogP contribution in [0.2, 0.25) is 0 Å². The monoisotopic (exact) mass is 222 g/mol. The zero-order valence-corrected chi connectivity index (χ0v) is 8.20. The van der Waals surface area contributed by atoms with E-state index in [-0.39, 0.29) is 6.61 Å². The van der Waals surface area contributed by atoms with Gasteiger partial charge in [0.1, 0.15) is 25.2 Å². The van der Waals surface area contributed by atoms with Gasteiger partial charge in [-0.3, -0.25) is 13.6 Å². The first-order chi connectivity index (χ1) is 7.08. The Labute approximate surface area is 85.5 Å². The second-order valence-corrected chi connectivity index (χ2v) is 2.66. The van der Waals surface area contributed by atoms with E-state index in [4.69, 9.17) is 5.11 Å². The van der Waals surface area contributed by atoms with E-state index in [9.17, 15) is 18.4 Å². The average Bonchev–Trinajstić information content (AvgIpc) is 2.19. The van der Waals surface area contributed by atoms with Crippen molar-refractivity contribution < 1.29 is 28.2 Å². The Balaban J connectivity index is 4.77. The summed E-state index contributed by atoms with van der Waals surface area (Å²) in [5.41, 5.74) is -0.739. The van der Waals surface area contributed by atoms with E-state index >= 15 is 0 Å². The summed E-state index contributed by atoms with van der Waals surface area (Å²) in [5.74, 6) is -4.21. The molecule has 4 nitrogen and oxygen atoms in total. The van der Waals surface area contributed by atoms with Crippen molar-refractivity contribution in [1.82, 2.24) is 0 Å². The molecular weight excluding hydrogens is 210 g/mol. The molecular formula is C9H12F2O4. The van der Waals surface area contributed by atoms with Crippen LogP contribution >= 0.6 is 0 Å². The molecule has 0 aromatic carbocycles. The molecule has 0 radical (unpaired) electrons. The maximum atomic E-state index is 12.1. The molecule has 6 heteroatoms. The smallest absolute Gasteiger partial charge is 0.342 e. The van der Waals surface area contributed by atoms with Crippen LogP contribution in [0.15, 0.2) is 11.8 Å². The summed E-state index contributed by atoms with van der Waals surface area (Å²) in [6.45, 7) is -0.708. The van der Waals surface area contributed by atoms with Gasteiger partial charge in [0.2, 0.25) is 0 Å². The maximum absolute atomic E-state index is 12.1. The first kappa shape index (κ1) is 13.5. The summed E-state index contributed by atoms with van der Waals surface area (Å²) in [7, 11) is 0. The molecule has 0 aliphatic heterocycles. The van der Waals surface area contributed by atoms with Gasteiger partial charge >= 0.3 is 5.97 Å². The molecule has 86 valence electrons. The number of halogens is 2. The Bertz CT molecular complexity index is 259. The number of ether oxygens (including phenoxy) is 1. The van der Waals surface area contributed by atoms with Crippen LogP contribution in [0, 0.1) is 5.92 Å². The average molecular weight is 222 g/mol. The summed E-state index contributed by atoms with van der Waals surface area (Å²) < 4.78 is 28.9. The minimum absolute atomic E-state index is 0.167. The fraction of sp³-hybridized carbons (Fsp3) is 0.556. The van der Waals surface area contributed by atoms with E-state index in [1.165, 1.54) is 0 Å². The molecule has 0 rings (SSSR count). The number of alkyl halides is 2. The zero-order chi connectivity index (χ0) is 11.8. The lowest BCUT2D eigenvalue weighted by atomic mass is 10.0. The molecule has 0 aliphatic rings. The first-order valence-electron chi connectivity index (χ1n) is 4.29. The van der Waals surface area contributed by atoms with Crippen molar-refractivity contribution in [3.8, 4) is 0 Å². The van der Waals surface area contributed by atoms with Gasteiger partial charge in [0.25, 0.3) is 0 Å². The summed E-state index contributed by atoms with van der Waals surface area (Å²) in [4.78, 5) is 21.8. The SMILES string of the molecule is CCOC=C(C(=O)O)C(=O)C(CF)CF. The molecule has 1 N–H and O–H groups in total. The highest BCUT2D eigenvalue weighted by Crippen LogP contribution is 2.09. The lowest BCUT2D eigenvalue weighted by Crippen LogP contribution is -2.24. The van der Waals surface area contributed by atoms with Crippen molar-refractivity contribution in [2.75, 3.05) is 20.0 Å². The van der Waals surface area contributed by atoms with Gasteiger partial charge in [0, 0.05) is 0 Å². The quantitative estimate of drug-likeness (QED) is 0.303. The van der Waals surface area contributed by atoms with Gasteiger partial charge in [0.15, 0.2) is 5.78 Å². The standard InChI is InChI=1S/C9H12F2O4/c1-2-15-5-7(9(13)14)8(12)6(3-10)4-11/h5-6H,2-4H2,1H3,(H,13,14). The normalized spacial score (nSPS) is 11.6. The highest BCUT2D eigenvalue weighted by Gasteiger charge is 2.26. The van der Waals surface area contributed by atoms with Crippen LogP contribution in [0.1, 0.15) is 6.92 Å². The summed E-state index contributed by atoms with van der Waals surface area (Å²) in [5, 5.41) is 8.60. The van der Waals surface area contributed by atoms with E-state index in [0.717, 1.165) is 0 Å². The van der Waals surface area contributed by atoms with Gasteiger partial charge in [0.05, 0.1) is 12.5 Å². The molecule has 0 aliphatic carbocycles. The fourth-order valence-electron chi connectivity index (χ4n) is 0.782. The molecule has 0 saturated carbocycles. The Morgan fingerprint density at radius 2 is 1.93 bits per heavy atom. The number of aliphatic carboxylic acids is 1. The number of Topliss-reactive ketones (excluding diaryl/α,β-unsaturated/α-hetero) is 1. The molecule has 15 heavy (non-hydrogen) atoms. The first-order valence-corrected chi connectivity index (χ1v) is 4.29. The Kier molecular flexibility index (Phi) is 6.24. The summed E-state index contributed by atoms with van der Waals surface area (Å²) in [6.07, 6.45) is 0.711. The molecule has 0 fully saturated rings.